The molecule has 0 spiro atoms. The Morgan fingerprint density at radius 3 is 1.52 bits per heavy atom. The van der Waals surface area contributed by atoms with Gasteiger partial charge in [-0.2, -0.15) is 0 Å². The molecule has 0 unspecified atom stereocenters. The normalized spacial score (nSPS) is 12.0. The van der Waals surface area contributed by atoms with Crippen molar-refractivity contribution in [3.8, 4) is 34.0 Å². The first-order valence-corrected chi connectivity index (χ1v) is 20.5. The summed E-state index contributed by atoms with van der Waals surface area (Å²) < 4.78 is 4.92. The molecule has 3 aromatic heterocycles. The zero-order chi connectivity index (χ0) is 39.3. The Morgan fingerprint density at radius 1 is 0.300 bits per heavy atom. The van der Waals surface area contributed by atoms with Crippen molar-refractivity contribution in [2.24, 2.45) is 0 Å². The first-order valence-electron chi connectivity index (χ1n) is 20.5. The standard InChI is InChI=1S/C56H34N4/c1-3-17-35(18-4-1)55-44-27-11-14-28-48(44)57-56(58-55)36-31-47-40-23-8-7-21-38(40)39-22-9-10-26-43(39)54(47)53(32-36)60-50-30-16-13-25-42(50)46-33-45-41-24-12-15-29-49(41)59(51(45)34-52(46)60)37-19-5-2-6-20-37/h1-34H. The van der Waals surface area contributed by atoms with E-state index in [0.717, 1.165) is 50.1 Å². The third-order valence-corrected chi connectivity index (χ3v) is 12.5. The van der Waals surface area contributed by atoms with E-state index in [2.05, 4.69) is 215 Å². The molecule has 13 rings (SSSR count). The summed E-state index contributed by atoms with van der Waals surface area (Å²) >= 11 is 0. The Labute approximate surface area is 344 Å². The van der Waals surface area contributed by atoms with Gasteiger partial charge in [-0.3, -0.25) is 0 Å². The Balaban J connectivity index is 1.22. The third-order valence-electron chi connectivity index (χ3n) is 12.5. The fraction of sp³-hybridized carbons (Fsp3) is 0. The molecule has 0 aliphatic heterocycles. The van der Waals surface area contributed by atoms with E-state index in [1.807, 2.05) is 0 Å². The van der Waals surface area contributed by atoms with Crippen LogP contribution in [0.2, 0.25) is 0 Å². The lowest BCUT2D eigenvalue weighted by atomic mass is 9.91. The highest BCUT2D eigenvalue weighted by Crippen LogP contribution is 2.45. The van der Waals surface area contributed by atoms with Crippen LogP contribution in [-0.4, -0.2) is 19.1 Å². The summed E-state index contributed by atoms with van der Waals surface area (Å²) in [6, 6.07) is 74.4. The molecule has 278 valence electrons. The molecule has 0 saturated carbocycles. The van der Waals surface area contributed by atoms with Crippen molar-refractivity contribution in [2.75, 3.05) is 0 Å². The first-order chi connectivity index (χ1) is 29.8. The van der Waals surface area contributed by atoms with Crippen LogP contribution < -0.4 is 0 Å². The summed E-state index contributed by atoms with van der Waals surface area (Å²) in [5.74, 6) is 0.695. The molecule has 13 aromatic rings. The molecule has 10 aromatic carbocycles. The maximum Gasteiger partial charge on any atom is 0.160 e. The largest absolute Gasteiger partial charge is 0.309 e. The van der Waals surface area contributed by atoms with Crippen LogP contribution in [0.4, 0.5) is 0 Å². The lowest BCUT2D eigenvalue weighted by molar-refractivity contribution is 1.17. The minimum atomic E-state index is 0.695. The predicted octanol–water partition coefficient (Wildman–Crippen LogP) is 14.6. The van der Waals surface area contributed by atoms with E-state index >= 15 is 0 Å². The van der Waals surface area contributed by atoms with Gasteiger partial charge < -0.3 is 9.13 Å². The third kappa shape index (κ3) is 4.73. The molecule has 0 saturated heterocycles. The monoisotopic (exact) mass is 762 g/mol. The fourth-order valence-corrected chi connectivity index (χ4v) is 9.88. The molecule has 0 radical (unpaired) electrons. The highest BCUT2D eigenvalue weighted by atomic mass is 15.0. The van der Waals surface area contributed by atoms with Crippen LogP contribution in [0.3, 0.4) is 0 Å². The van der Waals surface area contributed by atoms with Crippen LogP contribution in [0.25, 0.3) is 121 Å². The van der Waals surface area contributed by atoms with E-state index in [-0.39, 0.29) is 0 Å². The Kier molecular flexibility index (Phi) is 6.98. The lowest BCUT2D eigenvalue weighted by Crippen LogP contribution is -2.00. The molecule has 4 nitrogen and oxygen atoms in total. The predicted molar refractivity (Wildman–Crippen MR) is 252 cm³/mol. The van der Waals surface area contributed by atoms with Gasteiger partial charge in [0.1, 0.15) is 0 Å². The van der Waals surface area contributed by atoms with E-state index < -0.39 is 0 Å². The maximum atomic E-state index is 5.42. The number of benzene rings is 10. The summed E-state index contributed by atoms with van der Waals surface area (Å²) in [6.07, 6.45) is 0. The highest BCUT2D eigenvalue weighted by molar-refractivity contribution is 6.29. The molecule has 0 aliphatic carbocycles. The van der Waals surface area contributed by atoms with E-state index in [1.165, 1.54) is 64.9 Å². The number of aromatic nitrogens is 4. The fourth-order valence-electron chi connectivity index (χ4n) is 9.88. The number of para-hydroxylation sites is 4. The first kappa shape index (κ1) is 32.9. The van der Waals surface area contributed by atoms with Gasteiger partial charge in [-0.25, -0.2) is 9.97 Å². The quantitative estimate of drug-likeness (QED) is 0.167. The summed E-state index contributed by atoms with van der Waals surface area (Å²) in [5.41, 5.74) is 10.7. The van der Waals surface area contributed by atoms with Crippen molar-refractivity contribution < 1.29 is 0 Å². The van der Waals surface area contributed by atoms with Crippen molar-refractivity contribution in [3.63, 3.8) is 0 Å². The van der Waals surface area contributed by atoms with E-state index in [0.29, 0.717) is 5.82 Å². The molecule has 4 heteroatoms. The average Bonchev–Trinajstić information content (AvgIpc) is 3.82. The zero-order valence-electron chi connectivity index (χ0n) is 32.4. The molecule has 0 aliphatic rings. The molecule has 0 fully saturated rings. The van der Waals surface area contributed by atoms with Gasteiger partial charge in [-0.15, -0.1) is 0 Å². The molecule has 0 bridgehead atoms. The summed E-state index contributed by atoms with van der Waals surface area (Å²) in [7, 11) is 0. The second-order valence-electron chi connectivity index (χ2n) is 15.7. The van der Waals surface area contributed by atoms with Gasteiger partial charge in [0.2, 0.25) is 0 Å². The van der Waals surface area contributed by atoms with E-state index in [1.54, 1.807) is 0 Å². The van der Waals surface area contributed by atoms with Gasteiger partial charge in [0.05, 0.1) is 39.0 Å². The van der Waals surface area contributed by atoms with Crippen molar-refractivity contribution in [1.29, 1.82) is 0 Å². The number of fused-ring (bicyclic) bond motifs is 13. The molecule has 60 heavy (non-hydrogen) atoms. The van der Waals surface area contributed by atoms with Crippen LogP contribution in [0, 0.1) is 0 Å². The van der Waals surface area contributed by atoms with Crippen molar-refractivity contribution in [3.05, 3.63) is 206 Å². The summed E-state index contributed by atoms with van der Waals surface area (Å²) in [6.45, 7) is 0. The van der Waals surface area contributed by atoms with Crippen molar-refractivity contribution in [1.82, 2.24) is 19.1 Å². The van der Waals surface area contributed by atoms with E-state index in [9.17, 15) is 0 Å². The molecule has 0 N–H and O–H groups in total. The Bertz CT molecular complexity index is 3880. The highest BCUT2D eigenvalue weighted by Gasteiger charge is 2.23. The Morgan fingerprint density at radius 2 is 0.817 bits per heavy atom. The molecule has 3 heterocycles. The number of nitrogens with zero attached hydrogens (tertiary/aromatic N) is 4. The van der Waals surface area contributed by atoms with Crippen LogP contribution in [0.5, 0.6) is 0 Å². The lowest BCUT2D eigenvalue weighted by Gasteiger charge is -2.19. The van der Waals surface area contributed by atoms with Gasteiger partial charge >= 0.3 is 0 Å². The molecule has 0 amide bonds. The number of hydrogen-bond acceptors (Lipinski definition) is 2. The average molecular weight is 763 g/mol. The number of rotatable bonds is 4. The maximum absolute atomic E-state index is 5.42. The molecular weight excluding hydrogens is 729 g/mol. The smallest absolute Gasteiger partial charge is 0.160 e. The minimum Gasteiger partial charge on any atom is -0.309 e. The van der Waals surface area contributed by atoms with Crippen molar-refractivity contribution >= 4 is 86.8 Å². The SMILES string of the molecule is c1ccc(-c2nc(-c3cc(-n4c5ccccc5c5cc6c7ccccc7n(-c7ccccc7)c6cc54)c4c5ccccc5c5ccccc5c4c3)nc3ccccc23)cc1. The minimum absolute atomic E-state index is 0.695. The number of hydrogen-bond donors (Lipinski definition) is 0. The second kappa shape index (κ2) is 12.7. The van der Waals surface area contributed by atoms with Gasteiger partial charge in [0.15, 0.2) is 5.82 Å². The van der Waals surface area contributed by atoms with Crippen LogP contribution >= 0.6 is 0 Å². The van der Waals surface area contributed by atoms with Crippen LogP contribution in [0.15, 0.2) is 206 Å². The van der Waals surface area contributed by atoms with E-state index in [4.69, 9.17) is 9.97 Å². The topological polar surface area (TPSA) is 35.6 Å². The van der Waals surface area contributed by atoms with Gasteiger partial charge in [-0.1, -0.05) is 152 Å². The molecular formula is C56H34N4. The van der Waals surface area contributed by atoms with Gasteiger partial charge in [0, 0.05) is 49.1 Å². The molecule has 0 atom stereocenters. The second-order valence-corrected chi connectivity index (χ2v) is 15.7. The van der Waals surface area contributed by atoms with Crippen LogP contribution in [-0.2, 0) is 0 Å². The van der Waals surface area contributed by atoms with Gasteiger partial charge in [-0.05, 0) is 81.5 Å². The van der Waals surface area contributed by atoms with Crippen molar-refractivity contribution in [2.45, 2.75) is 0 Å². The summed E-state index contributed by atoms with van der Waals surface area (Å²) in [4.78, 5) is 10.7. The summed E-state index contributed by atoms with van der Waals surface area (Å²) in [5, 5.41) is 13.2. The zero-order valence-corrected chi connectivity index (χ0v) is 32.4. The Hall–Kier alpha value is -8.08. The van der Waals surface area contributed by atoms with Gasteiger partial charge in [0.25, 0.3) is 0 Å². The van der Waals surface area contributed by atoms with Crippen LogP contribution in [0.1, 0.15) is 0 Å².